The number of alkyl halides is 12. The summed E-state index contributed by atoms with van der Waals surface area (Å²) in [5, 5.41) is 0. The standard InChI is InChI=1S/C43H34F12N2/c1-37(2)19-17-30-32-25-35-31(26-36(32)39(34(30)18-20-37,27-11-5-3-6-12-27)28-13-7-4-8-14-28)29-15-9-10-16-33(29)38(35,21-23-56(40(44,45)46)41(47,48)49)22-24-57(42(50,51)52)43(53,54)55/h3-20,25-26H,21-24H2,1-2H3. The normalized spacial score (nSPS) is 18.1. The lowest BCUT2D eigenvalue weighted by atomic mass is 9.66. The Morgan fingerprint density at radius 1 is 0.474 bits per heavy atom. The van der Waals surface area contributed by atoms with Gasteiger partial charge in [-0.1, -0.05) is 123 Å². The summed E-state index contributed by atoms with van der Waals surface area (Å²) >= 11 is 0. The van der Waals surface area contributed by atoms with E-state index < -0.39 is 77.2 Å². The van der Waals surface area contributed by atoms with Crippen LogP contribution in [0.25, 0.3) is 16.7 Å². The summed E-state index contributed by atoms with van der Waals surface area (Å²) in [4.78, 5) is -3.39. The summed E-state index contributed by atoms with van der Waals surface area (Å²) in [6, 6.07) is 27.9. The molecule has 0 N–H and O–H groups in total. The molecule has 300 valence electrons. The average Bonchev–Trinajstić information content (AvgIpc) is 3.47. The molecule has 0 heterocycles. The van der Waals surface area contributed by atoms with Crippen molar-refractivity contribution in [3.8, 4) is 11.1 Å². The number of halogens is 12. The third kappa shape index (κ3) is 6.88. The Morgan fingerprint density at radius 3 is 1.40 bits per heavy atom. The van der Waals surface area contributed by atoms with Gasteiger partial charge in [0.05, 0.1) is 5.41 Å². The molecule has 14 heteroatoms. The van der Waals surface area contributed by atoms with Crippen LogP contribution >= 0.6 is 0 Å². The maximum atomic E-state index is 14.0. The first kappa shape index (κ1) is 40.4. The van der Waals surface area contributed by atoms with Crippen molar-refractivity contribution in [3.63, 3.8) is 0 Å². The first-order valence-electron chi connectivity index (χ1n) is 17.9. The average molecular weight is 807 g/mol. The van der Waals surface area contributed by atoms with Gasteiger partial charge in [0.1, 0.15) is 0 Å². The highest BCUT2D eigenvalue weighted by atomic mass is 19.4. The number of allylic oxidation sites excluding steroid dienone is 6. The third-order valence-corrected chi connectivity index (χ3v) is 11.3. The number of hydrogen-bond donors (Lipinski definition) is 0. The molecule has 0 radical (unpaired) electrons. The fourth-order valence-electron chi connectivity index (χ4n) is 8.80. The zero-order valence-corrected chi connectivity index (χ0v) is 30.3. The predicted octanol–water partition coefficient (Wildman–Crippen LogP) is 12.7. The highest BCUT2D eigenvalue weighted by Gasteiger charge is 2.58. The Hall–Kier alpha value is -4.82. The van der Waals surface area contributed by atoms with Gasteiger partial charge in [-0.3, -0.25) is 0 Å². The Bertz CT molecular complexity index is 2140. The molecule has 0 amide bonds. The molecule has 2 nitrogen and oxygen atoms in total. The van der Waals surface area contributed by atoms with E-state index in [-0.39, 0.29) is 22.3 Å². The minimum absolute atomic E-state index is 0.0222. The Balaban J connectivity index is 1.55. The molecule has 0 spiro atoms. The van der Waals surface area contributed by atoms with Crippen LogP contribution in [0.4, 0.5) is 52.7 Å². The van der Waals surface area contributed by atoms with Crippen LogP contribution in [0, 0.1) is 5.41 Å². The number of rotatable bonds is 8. The van der Waals surface area contributed by atoms with Crippen molar-refractivity contribution in [3.05, 3.63) is 160 Å². The number of nitrogens with zero attached hydrogens (tertiary/aromatic N) is 2. The molecule has 0 bridgehead atoms. The van der Waals surface area contributed by atoms with Gasteiger partial charge >= 0.3 is 25.2 Å². The van der Waals surface area contributed by atoms with E-state index in [2.05, 4.69) is 0 Å². The largest absolute Gasteiger partial charge is 0.467 e. The summed E-state index contributed by atoms with van der Waals surface area (Å²) in [6.45, 7) is 0.303. The van der Waals surface area contributed by atoms with E-state index in [1.54, 1.807) is 18.2 Å². The molecule has 0 unspecified atom stereocenters. The molecule has 3 aliphatic carbocycles. The highest BCUT2D eigenvalue weighted by Crippen LogP contribution is 2.61. The van der Waals surface area contributed by atoms with Gasteiger partial charge in [-0.25, -0.2) is 0 Å². The lowest BCUT2D eigenvalue weighted by Gasteiger charge is -2.38. The fraction of sp³-hybridized carbons (Fsp3) is 0.302. The molecule has 3 aliphatic rings. The van der Waals surface area contributed by atoms with Crippen LogP contribution in [0.3, 0.4) is 0 Å². The van der Waals surface area contributed by atoms with Crippen molar-refractivity contribution in [2.45, 2.75) is 62.7 Å². The van der Waals surface area contributed by atoms with E-state index in [1.165, 1.54) is 18.2 Å². The van der Waals surface area contributed by atoms with Gasteiger partial charge < -0.3 is 0 Å². The minimum Gasteiger partial charge on any atom is -0.155 e. The lowest BCUT2D eigenvalue weighted by molar-refractivity contribution is -0.373. The molecule has 4 aromatic rings. The molecule has 0 fully saturated rings. The monoisotopic (exact) mass is 806 g/mol. The van der Waals surface area contributed by atoms with Gasteiger partial charge in [0.15, 0.2) is 0 Å². The van der Waals surface area contributed by atoms with Crippen LogP contribution in [0.15, 0.2) is 127 Å². The van der Waals surface area contributed by atoms with E-state index in [0.717, 1.165) is 16.7 Å². The van der Waals surface area contributed by atoms with E-state index in [1.807, 2.05) is 98.8 Å². The predicted molar refractivity (Wildman–Crippen MR) is 191 cm³/mol. The Kier molecular flexibility index (Phi) is 9.67. The zero-order chi connectivity index (χ0) is 41.4. The van der Waals surface area contributed by atoms with Crippen molar-refractivity contribution >= 4 is 5.57 Å². The smallest absolute Gasteiger partial charge is 0.155 e. The zero-order valence-electron chi connectivity index (χ0n) is 30.3. The molecule has 7 rings (SSSR count). The third-order valence-electron chi connectivity index (χ3n) is 11.3. The van der Waals surface area contributed by atoms with Crippen molar-refractivity contribution in [2.75, 3.05) is 13.1 Å². The van der Waals surface area contributed by atoms with Crippen molar-refractivity contribution in [1.29, 1.82) is 0 Å². The second-order valence-corrected chi connectivity index (χ2v) is 15.0. The lowest BCUT2D eigenvalue weighted by Crippen LogP contribution is -2.51. The van der Waals surface area contributed by atoms with Gasteiger partial charge in [-0.2, -0.15) is 52.7 Å². The summed E-state index contributed by atoms with van der Waals surface area (Å²) in [5.74, 6) is 0. The maximum Gasteiger partial charge on any atom is 0.467 e. The summed E-state index contributed by atoms with van der Waals surface area (Å²) in [5.41, 5.74) is 1.07. The number of benzene rings is 4. The van der Waals surface area contributed by atoms with Crippen LogP contribution < -0.4 is 0 Å². The molecule has 4 aromatic carbocycles. The molecular weight excluding hydrogens is 772 g/mol. The van der Waals surface area contributed by atoms with E-state index in [9.17, 15) is 52.7 Å². The molecule has 0 atom stereocenters. The van der Waals surface area contributed by atoms with Crippen LogP contribution in [-0.2, 0) is 10.8 Å². The quantitative estimate of drug-likeness (QED) is 0.129. The first-order chi connectivity index (χ1) is 26.5. The van der Waals surface area contributed by atoms with Gasteiger partial charge in [-0.05, 0) is 80.6 Å². The molecule has 0 saturated carbocycles. The van der Waals surface area contributed by atoms with Crippen molar-refractivity contribution in [2.24, 2.45) is 5.41 Å². The number of fused-ring (bicyclic) bond motifs is 5. The van der Waals surface area contributed by atoms with Gasteiger partial charge in [0.25, 0.3) is 0 Å². The van der Waals surface area contributed by atoms with Crippen LogP contribution in [-0.4, -0.2) is 48.1 Å². The molecule has 0 aromatic heterocycles. The van der Waals surface area contributed by atoms with Crippen molar-refractivity contribution < 1.29 is 52.7 Å². The molecule has 0 saturated heterocycles. The number of hydrogen-bond acceptors (Lipinski definition) is 2. The van der Waals surface area contributed by atoms with Crippen LogP contribution in [0.2, 0.25) is 0 Å². The summed E-state index contributed by atoms with van der Waals surface area (Å²) in [6.07, 6.45) is -18.4. The van der Waals surface area contributed by atoms with E-state index in [0.29, 0.717) is 16.7 Å². The SMILES string of the molecule is CC1(C)C=CC2=C(C=C1)C(c1ccccc1)(c1ccccc1)c1cc3c(cc12)C(CCN(C(F)(F)F)C(F)(F)F)(CCN(C(F)(F)F)C(F)(F)F)c1ccccc1-3. The molecule has 0 aliphatic heterocycles. The van der Waals surface area contributed by atoms with Crippen LogP contribution in [0.5, 0.6) is 0 Å². The second-order valence-electron chi connectivity index (χ2n) is 15.0. The van der Waals surface area contributed by atoms with E-state index >= 15 is 0 Å². The molecular formula is C43H34F12N2. The maximum absolute atomic E-state index is 14.0. The van der Waals surface area contributed by atoms with Gasteiger partial charge in [0, 0.05) is 23.9 Å². The topological polar surface area (TPSA) is 6.48 Å². The Labute approximate surface area is 320 Å². The first-order valence-corrected chi connectivity index (χ1v) is 17.9. The van der Waals surface area contributed by atoms with Crippen LogP contribution in [0.1, 0.15) is 60.1 Å². The van der Waals surface area contributed by atoms with Crippen molar-refractivity contribution in [1.82, 2.24) is 9.80 Å². The summed E-state index contributed by atoms with van der Waals surface area (Å²) in [7, 11) is 0. The fourth-order valence-corrected chi connectivity index (χ4v) is 8.80. The van der Waals surface area contributed by atoms with Gasteiger partial charge in [0.2, 0.25) is 0 Å². The Morgan fingerprint density at radius 2 is 0.912 bits per heavy atom. The minimum atomic E-state index is -5.96. The molecule has 57 heavy (non-hydrogen) atoms. The van der Waals surface area contributed by atoms with E-state index in [4.69, 9.17) is 0 Å². The second kappa shape index (κ2) is 13.6. The summed E-state index contributed by atoms with van der Waals surface area (Å²) < 4.78 is 168. The van der Waals surface area contributed by atoms with Gasteiger partial charge in [-0.15, -0.1) is 9.80 Å². The highest BCUT2D eigenvalue weighted by molar-refractivity contribution is 5.95.